The summed E-state index contributed by atoms with van der Waals surface area (Å²) < 4.78 is 4.47. The molecule has 3 rings (SSSR count). The molecule has 16 heavy (non-hydrogen) atoms. The van der Waals surface area contributed by atoms with E-state index in [2.05, 4.69) is 33.4 Å². The minimum Gasteiger partial charge on any atom is -0.344 e. The molecule has 0 aromatic carbocycles. The average Bonchev–Trinajstić information content (AvgIpc) is 2.95. The van der Waals surface area contributed by atoms with Crippen molar-refractivity contribution in [3.05, 3.63) is 5.82 Å². The second-order valence-corrected chi connectivity index (χ2v) is 5.81. The first kappa shape index (κ1) is 10.5. The fourth-order valence-corrected chi connectivity index (χ4v) is 3.11. The van der Waals surface area contributed by atoms with E-state index >= 15 is 0 Å². The van der Waals surface area contributed by atoms with Gasteiger partial charge in [-0.05, 0) is 26.7 Å². The predicted molar refractivity (Wildman–Crippen MR) is 66.2 cm³/mol. The molecule has 1 aromatic rings. The van der Waals surface area contributed by atoms with Crippen LogP contribution in [0.3, 0.4) is 0 Å². The van der Waals surface area contributed by atoms with Crippen LogP contribution in [0, 0.1) is 0 Å². The molecule has 1 aliphatic heterocycles. The van der Waals surface area contributed by atoms with Gasteiger partial charge in [0.1, 0.15) is 5.82 Å². The van der Waals surface area contributed by atoms with E-state index in [9.17, 15) is 0 Å². The molecular weight excluding hydrogens is 220 g/mol. The second kappa shape index (κ2) is 3.96. The molecule has 2 heterocycles. The lowest BCUT2D eigenvalue weighted by Crippen LogP contribution is -2.54. The third kappa shape index (κ3) is 2.06. The van der Waals surface area contributed by atoms with Crippen LogP contribution in [0.5, 0.6) is 0 Å². The Labute approximate surface area is 100 Å². The Morgan fingerprint density at radius 2 is 1.94 bits per heavy atom. The molecule has 4 nitrogen and oxygen atoms in total. The van der Waals surface area contributed by atoms with Crippen molar-refractivity contribution in [2.75, 3.05) is 18.0 Å². The van der Waals surface area contributed by atoms with Crippen molar-refractivity contribution in [1.82, 2.24) is 14.7 Å². The van der Waals surface area contributed by atoms with Crippen molar-refractivity contribution in [3.8, 4) is 0 Å². The van der Waals surface area contributed by atoms with Crippen LogP contribution in [-0.4, -0.2) is 34.5 Å². The maximum atomic E-state index is 4.67. The summed E-state index contributed by atoms with van der Waals surface area (Å²) in [5.41, 5.74) is 0. The molecule has 1 aromatic heterocycles. The molecule has 0 radical (unpaired) electrons. The minimum atomic E-state index is 0.539. The molecular formula is C11H18N4S. The summed E-state index contributed by atoms with van der Waals surface area (Å²) in [6.07, 6.45) is 2.56. The van der Waals surface area contributed by atoms with Crippen molar-refractivity contribution in [2.45, 2.75) is 44.7 Å². The molecule has 2 unspecified atom stereocenters. The number of aromatic nitrogens is 2. The van der Waals surface area contributed by atoms with Gasteiger partial charge in [-0.2, -0.15) is 4.37 Å². The van der Waals surface area contributed by atoms with Crippen LogP contribution in [0.25, 0.3) is 0 Å². The van der Waals surface area contributed by atoms with Crippen molar-refractivity contribution < 1.29 is 0 Å². The van der Waals surface area contributed by atoms with Gasteiger partial charge in [0.05, 0.1) is 0 Å². The summed E-state index contributed by atoms with van der Waals surface area (Å²) >= 11 is 1.57. The van der Waals surface area contributed by atoms with E-state index in [4.69, 9.17) is 0 Å². The summed E-state index contributed by atoms with van der Waals surface area (Å²) in [6, 6.07) is 1.08. The van der Waals surface area contributed by atoms with Crippen LogP contribution in [-0.2, 0) is 0 Å². The zero-order valence-corrected chi connectivity index (χ0v) is 10.6. The zero-order chi connectivity index (χ0) is 11.1. The summed E-state index contributed by atoms with van der Waals surface area (Å²) in [4.78, 5) is 7.04. The highest BCUT2D eigenvalue weighted by atomic mass is 32.1. The first-order valence-corrected chi connectivity index (χ1v) is 6.84. The summed E-state index contributed by atoms with van der Waals surface area (Å²) in [5, 5.41) is 4.65. The van der Waals surface area contributed by atoms with Crippen molar-refractivity contribution in [3.63, 3.8) is 0 Å². The molecule has 2 fully saturated rings. The van der Waals surface area contributed by atoms with Gasteiger partial charge in [0.2, 0.25) is 5.13 Å². The Bertz CT molecular complexity index is 364. The molecule has 5 heteroatoms. The molecule has 1 saturated carbocycles. The van der Waals surface area contributed by atoms with Crippen LogP contribution < -0.4 is 10.2 Å². The van der Waals surface area contributed by atoms with Crippen LogP contribution in [0.4, 0.5) is 5.13 Å². The molecule has 1 saturated heterocycles. The van der Waals surface area contributed by atoms with Gasteiger partial charge in [-0.25, -0.2) is 4.98 Å². The molecule has 0 amide bonds. The Balaban J connectivity index is 1.74. The van der Waals surface area contributed by atoms with Crippen LogP contribution >= 0.6 is 11.5 Å². The third-order valence-corrected chi connectivity index (χ3v) is 3.99. The number of hydrogen-bond acceptors (Lipinski definition) is 5. The van der Waals surface area contributed by atoms with E-state index < -0.39 is 0 Å². The van der Waals surface area contributed by atoms with Gasteiger partial charge in [-0.3, -0.25) is 0 Å². The minimum absolute atomic E-state index is 0.539. The molecule has 2 atom stereocenters. The van der Waals surface area contributed by atoms with Gasteiger partial charge >= 0.3 is 0 Å². The lowest BCUT2D eigenvalue weighted by molar-refractivity contribution is 0.406. The smallest absolute Gasteiger partial charge is 0.205 e. The lowest BCUT2D eigenvalue weighted by Gasteiger charge is -2.35. The number of nitrogens with zero attached hydrogens (tertiary/aromatic N) is 3. The maximum Gasteiger partial charge on any atom is 0.205 e. The van der Waals surface area contributed by atoms with E-state index in [0.29, 0.717) is 18.0 Å². The normalized spacial score (nSPS) is 30.8. The first-order valence-electron chi connectivity index (χ1n) is 6.07. The summed E-state index contributed by atoms with van der Waals surface area (Å²) in [7, 11) is 0. The Morgan fingerprint density at radius 3 is 2.56 bits per heavy atom. The molecule has 1 N–H and O–H groups in total. The summed E-state index contributed by atoms with van der Waals surface area (Å²) in [6.45, 7) is 6.55. The first-order chi connectivity index (χ1) is 7.72. The zero-order valence-electron chi connectivity index (χ0n) is 9.81. The average molecular weight is 238 g/mol. The van der Waals surface area contributed by atoms with Gasteiger partial charge < -0.3 is 10.2 Å². The second-order valence-electron chi connectivity index (χ2n) is 5.08. The van der Waals surface area contributed by atoms with Crippen LogP contribution in [0.2, 0.25) is 0 Å². The Kier molecular flexibility index (Phi) is 2.59. The molecule has 0 spiro atoms. The van der Waals surface area contributed by atoms with Gasteiger partial charge in [0, 0.05) is 42.6 Å². The standard InChI is InChI=1S/C11H18N4S/c1-7-5-15(6-8(2)12-7)11-13-10(14-16-11)9-3-4-9/h7-9,12H,3-6H2,1-2H3. The Morgan fingerprint density at radius 1 is 1.25 bits per heavy atom. The molecule has 0 bridgehead atoms. The number of piperazine rings is 1. The van der Waals surface area contributed by atoms with Gasteiger partial charge in [0.25, 0.3) is 0 Å². The lowest BCUT2D eigenvalue weighted by atomic mass is 10.2. The van der Waals surface area contributed by atoms with E-state index in [1.807, 2.05) is 0 Å². The monoisotopic (exact) mass is 238 g/mol. The molecule has 88 valence electrons. The predicted octanol–water partition coefficient (Wildman–Crippen LogP) is 1.60. The quantitative estimate of drug-likeness (QED) is 0.850. The maximum absolute atomic E-state index is 4.67. The van der Waals surface area contributed by atoms with Crippen molar-refractivity contribution in [1.29, 1.82) is 0 Å². The van der Waals surface area contributed by atoms with Crippen LogP contribution in [0.15, 0.2) is 0 Å². The van der Waals surface area contributed by atoms with Gasteiger partial charge in [0.15, 0.2) is 0 Å². The molecule has 1 aliphatic carbocycles. The van der Waals surface area contributed by atoms with E-state index in [0.717, 1.165) is 24.0 Å². The number of hydrogen-bond donors (Lipinski definition) is 1. The fourth-order valence-electron chi connectivity index (χ4n) is 2.35. The topological polar surface area (TPSA) is 41.1 Å². The van der Waals surface area contributed by atoms with Crippen LogP contribution in [0.1, 0.15) is 38.4 Å². The van der Waals surface area contributed by atoms with E-state index in [1.54, 1.807) is 11.5 Å². The highest BCUT2D eigenvalue weighted by molar-refractivity contribution is 7.09. The molecule has 2 aliphatic rings. The number of anilines is 1. The highest BCUT2D eigenvalue weighted by Gasteiger charge is 2.30. The summed E-state index contributed by atoms with van der Waals surface area (Å²) in [5.74, 6) is 1.75. The van der Waals surface area contributed by atoms with Crippen molar-refractivity contribution in [2.24, 2.45) is 0 Å². The largest absolute Gasteiger partial charge is 0.344 e. The van der Waals surface area contributed by atoms with E-state index in [1.165, 1.54) is 12.8 Å². The van der Waals surface area contributed by atoms with Gasteiger partial charge in [-0.1, -0.05) is 0 Å². The fraction of sp³-hybridized carbons (Fsp3) is 0.818. The third-order valence-electron chi connectivity index (χ3n) is 3.20. The number of nitrogens with one attached hydrogen (secondary N) is 1. The number of rotatable bonds is 2. The Hall–Kier alpha value is -0.680. The van der Waals surface area contributed by atoms with E-state index in [-0.39, 0.29) is 0 Å². The van der Waals surface area contributed by atoms with Gasteiger partial charge in [-0.15, -0.1) is 0 Å². The van der Waals surface area contributed by atoms with Crippen molar-refractivity contribution >= 4 is 16.7 Å². The SMILES string of the molecule is CC1CN(c2nc(C3CC3)ns2)CC(C)N1. The highest BCUT2D eigenvalue weighted by Crippen LogP contribution is 2.39.